The number of nitrogen functional groups attached to an aromatic ring is 2. The van der Waals surface area contributed by atoms with E-state index >= 15 is 0 Å². The first-order valence-corrected chi connectivity index (χ1v) is 2.99. The fourth-order valence-corrected chi connectivity index (χ4v) is 0.800. The van der Waals surface area contributed by atoms with Gasteiger partial charge in [-0.25, -0.2) is 4.79 Å². The molecule has 0 amide bonds. The van der Waals surface area contributed by atoms with Gasteiger partial charge in [0.25, 0.3) is 0 Å². The van der Waals surface area contributed by atoms with E-state index < -0.39 is 5.97 Å². The second-order valence-electron chi connectivity index (χ2n) is 2.19. The van der Waals surface area contributed by atoms with Gasteiger partial charge in [0, 0.05) is 11.4 Å². The Morgan fingerprint density at radius 1 is 1.17 bits per heavy atom. The molecule has 5 heteroatoms. The first-order chi connectivity index (χ1) is 5.09. The Balaban J connectivity index is 0.00000121. The van der Waals surface area contributed by atoms with Gasteiger partial charge >= 0.3 is 35.5 Å². The van der Waals surface area contributed by atoms with Gasteiger partial charge in [0.05, 0.1) is 5.56 Å². The topological polar surface area (TPSA) is 89.3 Å². The van der Waals surface area contributed by atoms with Crippen LogP contribution in [0.1, 0.15) is 10.4 Å². The minimum absolute atomic E-state index is 0. The van der Waals surface area contributed by atoms with Crippen LogP contribution in [0.5, 0.6) is 0 Å². The number of hydrogen-bond acceptors (Lipinski definition) is 3. The van der Waals surface area contributed by atoms with Crippen molar-refractivity contribution in [3.63, 3.8) is 0 Å². The minimum atomic E-state index is -1.02. The molecule has 0 aliphatic rings. The Bertz CT molecular complexity index is 281. The van der Waals surface area contributed by atoms with Gasteiger partial charge in [0.2, 0.25) is 0 Å². The first-order valence-electron chi connectivity index (χ1n) is 2.99. The molecule has 0 radical (unpaired) electrons. The van der Waals surface area contributed by atoms with E-state index in [0.29, 0.717) is 11.4 Å². The molecule has 0 spiro atoms. The molecule has 1 rings (SSSR count). The van der Waals surface area contributed by atoms with E-state index in [9.17, 15) is 4.79 Å². The summed E-state index contributed by atoms with van der Waals surface area (Å²) in [6.45, 7) is 0. The third kappa shape index (κ3) is 2.73. The van der Waals surface area contributed by atoms with Gasteiger partial charge in [-0.3, -0.25) is 0 Å². The Labute approximate surface area is 91.8 Å². The second-order valence-corrected chi connectivity index (χ2v) is 2.19. The zero-order chi connectivity index (χ0) is 8.43. The molecular formula is C7H9N2NaO2. The van der Waals surface area contributed by atoms with Crippen LogP contribution in [-0.2, 0) is 0 Å². The summed E-state index contributed by atoms with van der Waals surface area (Å²) < 4.78 is 0. The van der Waals surface area contributed by atoms with Crippen molar-refractivity contribution in [2.45, 2.75) is 0 Å². The van der Waals surface area contributed by atoms with E-state index in [1.54, 1.807) is 0 Å². The number of carboxylic acids is 1. The SMILES string of the molecule is Nc1cc(N)cc(C(=O)O)c1.[NaH]. The van der Waals surface area contributed by atoms with Crippen LogP contribution in [0.25, 0.3) is 0 Å². The molecule has 0 saturated carbocycles. The number of aromatic carboxylic acids is 1. The summed E-state index contributed by atoms with van der Waals surface area (Å²) in [4.78, 5) is 10.4. The molecule has 1 aromatic carbocycles. The summed E-state index contributed by atoms with van der Waals surface area (Å²) >= 11 is 0. The average Bonchev–Trinajstić information content (AvgIpc) is 1.85. The summed E-state index contributed by atoms with van der Waals surface area (Å²) in [5, 5.41) is 8.52. The number of carbonyl (C=O) groups is 1. The van der Waals surface area contributed by atoms with Crippen molar-refractivity contribution >= 4 is 46.9 Å². The Morgan fingerprint density at radius 2 is 1.58 bits per heavy atom. The van der Waals surface area contributed by atoms with Crippen molar-refractivity contribution in [1.82, 2.24) is 0 Å². The molecule has 0 aliphatic carbocycles. The molecule has 0 unspecified atom stereocenters. The molecule has 0 aromatic heterocycles. The van der Waals surface area contributed by atoms with E-state index in [1.807, 2.05) is 0 Å². The Morgan fingerprint density at radius 3 is 1.92 bits per heavy atom. The van der Waals surface area contributed by atoms with Crippen molar-refractivity contribution in [1.29, 1.82) is 0 Å². The molecule has 0 bridgehead atoms. The van der Waals surface area contributed by atoms with Gasteiger partial charge in [-0.2, -0.15) is 0 Å². The molecule has 60 valence electrons. The number of anilines is 2. The van der Waals surface area contributed by atoms with E-state index in [4.69, 9.17) is 16.6 Å². The zero-order valence-electron chi connectivity index (χ0n) is 5.74. The van der Waals surface area contributed by atoms with E-state index in [1.165, 1.54) is 18.2 Å². The molecule has 1 aromatic rings. The van der Waals surface area contributed by atoms with Crippen LogP contribution in [0.15, 0.2) is 18.2 Å². The summed E-state index contributed by atoms with van der Waals surface area (Å²) in [5.41, 5.74) is 11.5. The van der Waals surface area contributed by atoms with Gasteiger partial charge in [-0.05, 0) is 18.2 Å². The van der Waals surface area contributed by atoms with Crippen LogP contribution < -0.4 is 11.5 Å². The first kappa shape index (κ1) is 11.3. The summed E-state index contributed by atoms with van der Waals surface area (Å²) in [6, 6.07) is 4.23. The molecule has 0 saturated heterocycles. The van der Waals surface area contributed by atoms with Crippen LogP contribution in [0.3, 0.4) is 0 Å². The predicted octanol–water partition coefficient (Wildman–Crippen LogP) is -0.0993. The Kier molecular flexibility index (Phi) is 4.09. The molecule has 0 atom stereocenters. The fourth-order valence-electron chi connectivity index (χ4n) is 0.800. The van der Waals surface area contributed by atoms with Crippen LogP contribution in [-0.4, -0.2) is 40.6 Å². The maximum atomic E-state index is 10.4. The van der Waals surface area contributed by atoms with Crippen molar-refractivity contribution in [3.8, 4) is 0 Å². The zero-order valence-corrected chi connectivity index (χ0v) is 5.74. The van der Waals surface area contributed by atoms with Crippen LogP contribution in [0.4, 0.5) is 11.4 Å². The maximum absolute atomic E-state index is 10.4. The second kappa shape index (κ2) is 4.35. The Hall–Kier alpha value is -0.710. The van der Waals surface area contributed by atoms with Crippen molar-refractivity contribution in [3.05, 3.63) is 23.8 Å². The average molecular weight is 176 g/mol. The molecule has 0 aliphatic heterocycles. The number of benzene rings is 1. The van der Waals surface area contributed by atoms with Gasteiger partial charge in [-0.1, -0.05) is 0 Å². The van der Waals surface area contributed by atoms with Gasteiger partial charge in [0.15, 0.2) is 0 Å². The standard InChI is InChI=1S/C7H8N2O2.Na.H/c8-5-1-4(7(10)11)2-6(9)3-5;;/h1-3H,8-9H2,(H,10,11);;. The molecule has 0 fully saturated rings. The fraction of sp³-hybridized carbons (Fsp3) is 0. The summed E-state index contributed by atoms with van der Waals surface area (Å²) in [7, 11) is 0. The molecular weight excluding hydrogens is 167 g/mol. The molecule has 0 heterocycles. The van der Waals surface area contributed by atoms with Crippen LogP contribution >= 0.6 is 0 Å². The van der Waals surface area contributed by atoms with E-state index in [-0.39, 0.29) is 35.1 Å². The quantitative estimate of drug-likeness (QED) is 0.411. The number of hydrogen-bond donors (Lipinski definition) is 3. The monoisotopic (exact) mass is 176 g/mol. The van der Waals surface area contributed by atoms with Gasteiger partial charge in [-0.15, -0.1) is 0 Å². The van der Waals surface area contributed by atoms with Crippen LogP contribution in [0.2, 0.25) is 0 Å². The van der Waals surface area contributed by atoms with Crippen molar-refractivity contribution in [2.24, 2.45) is 0 Å². The molecule has 12 heavy (non-hydrogen) atoms. The normalized spacial score (nSPS) is 8.67. The predicted molar refractivity (Wildman–Crippen MR) is 49.4 cm³/mol. The number of rotatable bonds is 1. The van der Waals surface area contributed by atoms with E-state index in [0.717, 1.165) is 0 Å². The number of carboxylic acid groups (broad SMARTS) is 1. The molecule has 5 N–H and O–H groups in total. The third-order valence-electron chi connectivity index (χ3n) is 1.22. The summed E-state index contributed by atoms with van der Waals surface area (Å²) in [5.74, 6) is -1.02. The van der Waals surface area contributed by atoms with Crippen molar-refractivity contribution < 1.29 is 9.90 Å². The molecule has 4 nitrogen and oxygen atoms in total. The van der Waals surface area contributed by atoms with Gasteiger partial charge in [0.1, 0.15) is 0 Å². The van der Waals surface area contributed by atoms with Gasteiger partial charge < -0.3 is 16.6 Å². The third-order valence-corrected chi connectivity index (χ3v) is 1.22. The van der Waals surface area contributed by atoms with Crippen LogP contribution in [0, 0.1) is 0 Å². The van der Waals surface area contributed by atoms with Crippen molar-refractivity contribution in [2.75, 3.05) is 11.5 Å². The number of nitrogens with two attached hydrogens (primary N) is 2. The van der Waals surface area contributed by atoms with E-state index in [2.05, 4.69) is 0 Å². The summed E-state index contributed by atoms with van der Waals surface area (Å²) in [6.07, 6.45) is 0.